The third-order valence-corrected chi connectivity index (χ3v) is 5.01. The van der Waals surface area contributed by atoms with Gasteiger partial charge in [-0.25, -0.2) is 9.59 Å². The molecule has 0 unspecified atom stereocenters. The number of nitrogens with one attached hydrogen (secondary N) is 4. The van der Waals surface area contributed by atoms with Gasteiger partial charge in [-0.2, -0.15) is 16.8 Å². The lowest BCUT2D eigenvalue weighted by atomic mass is 9.87. The van der Waals surface area contributed by atoms with Gasteiger partial charge in [0.15, 0.2) is 0 Å². The molecule has 0 aromatic heterocycles. The summed E-state index contributed by atoms with van der Waals surface area (Å²) in [7, 11) is -8.72. The minimum absolute atomic E-state index is 0.621. The molecular formula is C16H26N4O8S2. The average molecular weight is 467 g/mol. The smallest absolute Gasteiger partial charge is 0.316 e. The van der Waals surface area contributed by atoms with Crippen LogP contribution in [0.3, 0.4) is 0 Å². The van der Waals surface area contributed by atoms with Crippen molar-refractivity contribution >= 4 is 32.3 Å². The summed E-state index contributed by atoms with van der Waals surface area (Å²) in [5.41, 5.74) is -0.670. The highest BCUT2D eigenvalue weighted by molar-refractivity contribution is 7.86. The Hall–Kier alpha value is -2.42. The monoisotopic (exact) mass is 466 g/mol. The second-order valence-corrected chi connectivity index (χ2v) is 10.5. The molecule has 0 aliphatic rings. The first-order chi connectivity index (χ1) is 13.4. The van der Waals surface area contributed by atoms with Crippen molar-refractivity contribution in [3.63, 3.8) is 0 Å². The largest absolute Gasteiger partial charge is 0.329 e. The average Bonchev–Trinajstić information content (AvgIpc) is 2.56. The summed E-state index contributed by atoms with van der Waals surface area (Å²) in [6.45, 7) is 6.66. The van der Waals surface area contributed by atoms with Crippen LogP contribution in [0.5, 0.6) is 0 Å². The van der Waals surface area contributed by atoms with E-state index in [-0.39, 0.29) is 0 Å². The van der Waals surface area contributed by atoms with Gasteiger partial charge in [0.05, 0.1) is 11.1 Å². The molecule has 1 aromatic carbocycles. The van der Waals surface area contributed by atoms with Crippen LogP contribution in [0.4, 0.5) is 9.59 Å². The fourth-order valence-corrected chi connectivity index (χ4v) is 3.04. The molecule has 0 aliphatic heterocycles. The van der Waals surface area contributed by atoms with E-state index in [4.69, 9.17) is 9.11 Å². The van der Waals surface area contributed by atoms with Crippen molar-refractivity contribution in [1.29, 1.82) is 0 Å². The van der Waals surface area contributed by atoms with Crippen molar-refractivity contribution < 1.29 is 35.5 Å². The number of benzene rings is 1. The van der Waals surface area contributed by atoms with Crippen LogP contribution < -0.4 is 21.3 Å². The number of urea groups is 2. The van der Waals surface area contributed by atoms with Crippen molar-refractivity contribution in [2.45, 2.75) is 38.8 Å². The molecule has 0 saturated carbocycles. The highest BCUT2D eigenvalue weighted by atomic mass is 32.2. The van der Waals surface area contributed by atoms with Gasteiger partial charge in [0.25, 0.3) is 20.2 Å². The third kappa shape index (κ3) is 8.94. The predicted molar refractivity (Wildman–Crippen MR) is 109 cm³/mol. The molecule has 0 heterocycles. The summed E-state index contributed by atoms with van der Waals surface area (Å²) >= 11 is 0. The van der Waals surface area contributed by atoms with E-state index in [1.807, 2.05) is 10.6 Å². The Labute approximate surface area is 175 Å². The fourth-order valence-electron chi connectivity index (χ4n) is 2.41. The van der Waals surface area contributed by atoms with Crippen LogP contribution in [-0.2, 0) is 31.3 Å². The zero-order valence-corrected chi connectivity index (χ0v) is 18.5. The normalized spacial score (nSPS) is 12.7. The molecule has 0 saturated heterocycles. The molecule has 0 aliphatic carbocycles. The Morgan fingerprint density at radius 3 is 1.43 bits per heavy atom. The van der Waals surface area contributed by atoms with Gasteiger partial charge in [0.2, 0.25) is 0 Å². The zero-order valence-electron chi connectivity index (χ0n) is 16.9. The van der Waals surface area contributed by atoms with E-state index in [2.05, 4.69) is 10.6 Å². The van der Waals surface area contributed by atoms with Crippen molar-refractivity contribution in [2.24, 2.45) is 0 Å². The molecule has 1 rings (SSSR count). The van der Waals surface area contributed by atoms with E-state index in [1.54, 1.807) is 52.0 Å². The zero-order chi connectivity index (χ0) is 23.4. The molecule has 14 heteroatoms. The summed E-state index contributed by atoms with van der Waals surface area (Å²) in [5.74, 6) is -1.88. The fraction of sp³-hybridized carbons (Fsp3) is 0.500. The minimum Gasteiger partial charge on any atom is -0.329 e. The number of hydrogen-bond acceptors (Lipinski definition) is 6. The molecule has 4 amide bonds. The van der Waals surface area contributed by atoms with Crippen LogP contribution in [0.1, 0.15) is 38.8 Å². The lowest BCUT2D eigenvalue weighted by Gasteiger charge is -2.31. The molecule has 0 bridgehead atoms. The van der Waals surface area contributed by atoms with Crippen molar-refractivity contribution in [1.82, 2.24) is 21.3 Å². The molecule has 1 aromatic rings. The minimum atomic E-state index is -4.36. The summed E-state index contributed by atoms with van der Waals surface area (Å²) in [4.78, 5) is 23.9. The Bertz CT molecular complexity index is 927. The molecule has 170 valence electrons. The van der Waals surface area contributed by atoms with Crippen molar-refractivity contribution in [2.75, 3.05) is 11.8 Å². The van der Waals surface area contributed by atoms with Gasteiger partial charge in [-0.15, -0.1) is 0 Å². The number of carbonyl (C=O) groups excluding carboxylic acids is 2. The third-order valence-electron chi connectivity index (χ3n) is 3.99. The van der Waals surface area contributed by atoms with Gasteiger partial charge in [0, 0.05) is 0 Å². The molecule has 0 fully saturated rings. The van der Waals surface area contributed by atoms with Crippen LogP contribution in [0.2, 0.25) is 0 Å². The molecule has 0 atom stereocenters. The van der Waals surface area contributed by atoms with E-state index >= 15 is 0 Å². The Balaban J connectivity index is 2.93. The van der Waals surface area contributed by atoms with Gasteiger partial charge in [-0.3, -0.25) is 9.11 Å². The Morgan fingerprint density at radius 1 is 0.800 bits per heavy atom. The van der Waals surface area contributed by atoms with Crippen LogP contribution in [0, 0.1) is 0 Å². The van der Waals surface area contributed by atoms with Crippen LogP contribution in [0.15, 0.2) is 24.3 Å². The van der Waals surface area contributed by atoms with Gasteiger partial charge in [-0.1, -0.05) is 24.3 Å². The lowest BCUT2D eigenvalue weighted by Crippen LogP contribution is -2.48. The maximum absolute atomic E-state index is 11.9. The van der Waals surface area contributed by atoms with Crippen LogP contribution >= 0.6 is 0 Å². The van der Waals surface area contributed by atoms with E-state index in [1.165, 1.54) is 0 Å². The van der Waals surface area contributed by atoms with E-state index in [9.17, 15) is 26.4 Å². The summed E-state index contributed by atoms with van der Waals surface area (Å²) in [6.07, 6.45) is 0. The van der Waals surface area contributed by atoms with Crippen molar-refractivity contribution in [3.8, 4) is 0 Å². The Kier molecular flexibility index (Phi) is 7.82. The van der Waals surface area contributed by atoms with Gasteiger partial charge < -0.3 is 21.3 Å². The van der Waals surface area contributed by atoms with Gasteiger partial charge in [0.1, 0.15) is 11.8 Å². The summed E-state index contributed by atoms with van der Waals surface area (Å²) in [5, 5.41) is 9.21. The summed E-state index contributed by atoms with van der Waals surface area (Å²) in [6, 6.07) is 5.17. The maximum atomic E-state index is 11.9. The molecular weight excluding hydrogens is 440 g/mol. The van der Waals surface area contributed by atoms with Crippen LogP contribution in [-0.4, -0.2) is 49.8 Å². The van der Waals surface area contributed by atoms with Crippen LogP contribution in [0.25, 0.3) is 0 Å². The van der Waals surface area contributed by atoms with Gasteiger partial charge >= 0.3 is 12.1 Å². The molecule has 0 spiro atoms. The maximum Gasteiger partial charge on any atom is 0.316 e. The number of rotatable bonds is 8. The SMILES string of the molecule is CC(C)(NC(=O)NCS(=O)(=O)O)c1cccc(C(C)(C)NC(=O)NCS(=O)(=O)O)c1. The molecule has 30 heavy (non-hydrogen) atoms. The quantitative estimate of drug-likeness (QED) is 0.297. The van der Waals surface area contributed by atoms with Crippen molar-refractivity contribution in [3.05, 3.63) is 35.4 Å². The predicted octanol–water partition coefficient (Wildman–Crippen LogP) is 0.446. The first-order valence-corrected chi connectivity index (χ1v) is 11.8. The molecule has 12 nitrogen and oxygen atoms in total. The summed E-state index contributed by atoms with van der Waals surface area (Å²) < 4.78 is 60.4. The van der Waals surface area contributed by atoms with E-state index in [0.717, 1.165) is 0 Å². The highest BCUT2D eigenvalue weighted by Gasteiger charge is 2.28. The van der Waals surface area contributed by atoms with E-state index in [0.29, 0.717) is 11.1 Å². The second kappa shape index (κ2) is 9.16. The molecule has 6 N–H and O–H groups in total. The number of hydrogen-bond donors (Lipinski definition) is 6. The first kappa shape index (κ1) is 25.6. The van der Waals surface area contributed by atoms with E-state index < -0.39 is 55.1 Å². The van der Waals surface area contributed by atoms with Gasteiger partial charge in [-0.05, 0) is 38.8 Å². The first-order valence-electron chi connectivity index (χ1n) is 8.55. The topological polar surface area (TPSA) is 191 Å². The highest BCUT2D eigenvalue weighted by Crippen LogP contribution is 2.26. The standard InChI is InChI=1S/C16H26N4O8S2/c1-15(2,19-13(21)17-9-29(23,24)25)11-6-5-7-12(8-11)16(3,4)20-14(22)18-10-30(26,27)28/h5-8H,9-10H2,1-4H3,(H2,17,19,21)(H2,18,20,22)(H,23,24,25)(H,26,27,28). The number of carbonyl (C=O) groups is 2. The number of amides is 4. The molecule has 0 radical (unpaired) electrons. The lowest BCUT2D eigenvalue weighted by molar-refractivity contribution is 0.231. The second-order valence-electron chi connectivity index (χ2n) is 7.55. The Morgan fingerprint density at radius 2 is 1.13 bits per heavy atom.